The summed E-state index contributed by atoms with van der Waals surface area (Å²) in [5, 5.41) is 30.4. The van der Waals surface area contributed by atoms with Gasteiger partial charge in [0.1, 0.15) is 12.4 Å². The van der Waals surface area contributed by atoms with Crippen LogP contribution in [0, 0.1) is 5.41 Å². The number of primary amides is 1. The molecule has 0 saturated heterocycles. The van der Waals surface area contributed by atoms with E-state index in [-0.39, 0.29) is 29.0 Å². The lowest BCUT2D eigenvalue weighted by molar-refractivity contribution is 0.1000. The predicted octanol–water partition coefficient (Wildman–Crippen LogP) is 5.73. The number of carbonyl (C=O) groups is 1. The SMILES string of the molecule is COc1cc(C=N)cc(-c2ccccc2)c1OCCNC(CO)Cc1ccc(Cl)cc1.NC(=O)c1ccc(O)c(Cl)c1. The van der Waals surface area contributed by atoms with Crippen molar-refractivity contribution in [1.82, 2.24) is 5.32 Å². The second-order valence-electron chi connectivity index (χ2n) is 9.15. The Bertz CT molecular complexity index is 1470. The number of nitrogens with two attached hydrogens (primary N) is 1. The van der Waals surface area contributed by atoms with Gasteiger partial charge in [-0.2, -0.15) is 0 Å². The van der Waals surface area contributed by atoms with Crippen LogP contribution in [0.2, 0.25) is 10.0 Å². The minimum atomic E-state index is -0.563. The molecule has 10 heteroatoms. The number of hydrogen-bond acceptors (Lipinski definition) is 7. The average Bonchev–Trinajstić information content (AvgIpc) is 3.01. The van der Waals surface area contributed by atoms with E-state index in [2.05, 4.69) is 5.32 Å². The van der Waals surface area contributed by atoms with Gasteiger partial charge in [0.15, 0.2) is 11.5 Å². The zero-order valence-corrected chi connectivity index (χ0v) is 24.5. The van der Waals surface area contributed by atoms with Crippen molar-refractivity contribution in [1.29, 1.82) is 5.41 Å². The van der Waals surface area contributed by atoms with Gasteiger partial charge in [-0.15, -0.1) is 0 Å². The third kappa shape index (κ3) is 9.49. The number of phenols is 1. The fraction of sp³-hybridized carbons (Fsp3) is 0.188. The van der Waals surface area contributed by atoms with Gasteiger partial charge in [-0.25, -0.2) is 0 Å². The van der Waals surface area contributed by atoms with E-state index in [9.17, 15) is 9.90 Å². The third-order valence-electron chi connectivity index (χ3n) is 6.18. The molecule has 0 radical (unpaired) electrons. The van der Waals surface area contributed by atoms with Gasteiger partial charge in [-0.05, 0) is 65.6 Å². The Morgan fingerprint density at radius 2 is 1.76 bits per heavy atom. The minimum Gasteiger partial charge on any atom is -0.506 e. The number of ether oxygens (including phenoxy) is 2. The number of nitrogens with one attached hydrogen (secondary N) is 2. The van der Waals surface area contributed by atoms with Gasteiger partial charge >= 0.3 is 0 Å². The molecule has 1 unspecified atom stereocenters. The van der Waals surface area contributed by atoms with E-state index < -0.39 is 5.91 Å². The van der Waals surface area contributed by atoms with Crippen molar-refractivity contribution in [3.63, 3.8) is 0 Å². The number of methoxy groups -OCH3 is 1. The minimum absolute atomic E-state index is 0.0231. The van der Waals surface area contributed by atoms with Crippen molar-refractivity contribution in [2.24, 2.45) is 5.73 Å². The Labute approximate surface area is 255 Å². The maximum Gasteiger partial charge on any atom is 0.248 e. The number of amides is 1. The molecule has 0 spiro atoms. The average molecular weight is 611 g/mol. The molecule has 0 bridgehead atoms. The first-order valence-corrected chi connectivity index (χ1v) is 13.8. The maximum atomic E-state index is 10.5. The summed E-state index contributed by atoms with van der Waals surface area (Å²) in [6, 6.07) is 25.2. The molecule has 1 atom stereocenters. The van der Waals surface area contributed by atoms with E-state index in [1.165, 1.54) is 24.4 Å². The normalized spacial score (nSPS) is 11.1. The molecule has 0 fully saturated rings. The van der Waals surface area contributed by atoms with Crippen LogP contribution in [-0.4, -0.2) is 55.2 Å². The van der Waals surface area contributed by atoms with Crippen LogP contribution >= 0.6 is 23.2 Å². The standard InChI is InChI=1S/C25H27ClN2O3.C7H6ClNO2/c1-30-24-15-19(16-27)14-23(20-5-3-2-4-6-20)25(24)31-12-11-28-22(17-29)13-18-7-9-21(26)10-8-18;8-5-3-4(7(9)11)1-2-6(5)10/h2-10,14-16,22,27-29H,11-13,17H2,1H3;1-3,10H,(H2,9,11). The van der Waals surface area contributed by atoms with Crippen molar-refractivity contribution in [2.75, 3.05) is 26.9 Å². The Hall–Kier alpha value is -4.08. The van der Waals surface area contributed by atoms with Crippen LogP contribution in [0.15, 0.2) is 84.9 Å². The first kappa shape index (κ1) is 32.4. The Morgan fingerprint density at radius 1 is 1.05 bits per heavy atom. The van der Waals surface area contributed by atoms with E-state index in [1.807, 2.05) is 60.7 Å². The molecule has 0 saturated carbocycles. The lowest BCUT2D eigenvalue weighted by atomic mass is 10.0. The third-order valence-corrected chi connectivity index (χ3v) is 6.73. The molecule has 42 heavy (non-hydrogen) atoms. The summed E-state index contributed by atoms with van der Waals surface area (Å²) in [6.07, 6.45) is 1.99. The Kier molecular flexibility index (Phi) is 12.7. The van der Waals surface area contributed by atoms with Crippen molar-refractivity contribution >= 4 is 35.3 Å². The van der Waals surface area contributed by atoms with Gasteiger partial charge in [-0.3, -0.25) is 4.79 Å². The smallest absolute Gasteiger partial charge is 0.248 e. The highest BCUT2D eigenvalue weighted by atomic mass is 35.5. The van der Waals surface area contributed by atoms with Gasteiger partial charge in [0.05, 0.1) is 18.7 Å². The molecule has 0 aliphatic carbocycles. The monoisotopic (exact) mass is 609 g/mol. The molecule has 6 N–H and O–H groups in total. The van der Waals surface area contributed by atoms with Crippen molar-refractivity contribution < 1.29 is 24.5 Å². The van der Waals surface area contributed by atoms with Crippen LogP contribution in [0.4, 0.5) is 0 Å². The maximum absolute atomic E-state index is 10.5. The van der Waals surface area contributed by atoms with Gasteiger partial charge in [0, 0.05) is 35.0 Å². The number of benzene rings is 4. The van der Waals surface area contributed by atoms with Crippen molar-refractivity contribution in [3.05, 3.63) is 112 Å². The molecule has 4 aromatic carbocycles. The van der Waals surface area contributed by atoms with E-state index in [1.54, 1.807) is 13.2 Å². The summed E-state index contributed by atoms with van der Waals surface area (Å²) >= 11 is 11.4. The van der Waals surface area contributed by atoms with E-state index in [0.717, 1.165) is 22.3 Å². The first-order valence-electron chi connectivity index (χ1n) is 13.0. The number of hydrogen-bond donors (Lipinski definition) is 5. The number of phenolic OH excluding ortho intramolecular Hbond substituents is 1. The summed E-state index contributed by atoms with van der Waals surface area (Å²) in [4.78, 5) is 10.5. The fourth-order valence-electron chi connectivity index (χ4n) is 4.02. The molecule has 0 heterocycles. The van der Waals surface area contributed by atoms with E-state index in [4.69, 9.17) is 48.9 Å². The summed E-state index contributed by atoms with van der Waals surface area (Å²) in [5.41, 5.74) is 8.95. The second-order valence-corrected chi connectivity index (χ2v) is 10.00. The highest BCUT2D eigenvalue weighted by molar-refractivity contribution is 6.32. The molecule has 0 aliphatic heterocycles. The quantitative estimate of drug-likeness (QED) is 0.103. The first-order chi connectivity index (χ1) is 20.2. The zero-order valence-electron chi connectivity index (χ0n) is 23.0. The van der Waals surface area contributed by atoms with Gasteiger partial charge in [0.2, 0.25) is 5.91 Å². The van der Waals surface area contributed by atoms with Gasteiger partial charge in [0.25, 0.3) is 0 Å². The number of halogens is 2. The summed E-state index contributed by atoms with van der Waals surface area (Å²) in [5.74, 6) is 0.600. The highest BCUT2D eigenvalue weighted by Crippen LogP contribution is 2.39. The summed E-state index contributed by atoms with van der Waals surface area (Å²) in [7, 11) is 1.59. The summed E-state index contributed by atoms with van der Waals surface area (Å²) < 4.78 is 11.7. The van der Waals surface area contributed by atoms with E-state index >= 15 is 0 Å². The van der Waals surface area contributed by atoms with Crippen LogP contribution in [0.1, 0.15) is 21.5 Å². The zero-order chi connectivity index (χ0) is 30.5. The molecule has 8 nitrogen and oxygen atoms in total. The van der Waals surface area contributed by atoms with Gasteiger partial charge in [-0.1, -0.05) is 65.7 Å². The highest BCUT2D eigenvalue weighted by Gasteiger charge is 2.15. The molecule has 4 aromatic rings. The second kappa shape index (κ2) is 16.4. The van der Waals surface area contributed by atoms with Crippen LogP contribution in [0.3, 0.4) is 0 Å². The molecule has 0 aromatic heterocycles. The molecule has 0 aliphatic rings. The Balaban J connectivity index is 0.000000369. The molecule has 220 valence electrons. The van der Waals surface area contributed by atoms with Crippen molar-refractivity contribution in [2.45, 2.75) is 12.5 Å². The number of aliphatic hydroxyl groups excluding tert-OH is 1. The van der Waals surface area contributed by atoms with Crippen LogP contribution in [0.5, 0.6) is 17.2 Å². The Morgan fingerprint density at radius 3 is 2.36 bits per heavy atom. The number of aliphatic hydroxyl groups is 1. The number of aromatic hydroxyl groups is 1. The van der Waals surface area contributed by atoms with E-state index in [0.29, 0.717) is 36.1 Å². The lowest BCUT2D eigenvalue weighted by Gasteiger charge is -2.19. The molecule has 1 amide bonds. The lowest BCUT2D eigenvalue weighted by Crippen LogP contribution is -2.37. The van der Waals surface area contributed by atoms with Crippen LogP contribution in [0.25, 0.3) is 11.1 Å². The molecular weight excluding hydrogens is 577 g/mol. The largest absolute Gasteiger partial charge is 0.506 e. The van der Waals surface area contributed by atoms with Crippen molar-refractivity contribution in [3.8, 4) is 28.4 Å². The van der Waals surface area contributed by atoms with Crippen LogP contribution < -0.4 is 20.5 Å². The molecular formula is C32H33Cl2N3O5. The molecule has 4 rings (SSSR count). The topological polar surface area (TPSA) is 138 Å². The summed E-state index contributed by atoms with van der Waals surface area (Å²) in [6.45, 7) is 0.981. The van der Waals surface area contributed by atoms with Gasteiger partial charge < -0.3 is 36.1 Å². The number of carbonyl (C=O) groups excluding carboxylic acids is 1. The fourth-order valence-corrected chi connectivity index (χ4v) is 4.33. The van der Waals surface area contributed by atoms with Crippen LogP contribution in [-0.2, 0) is 6.42 Å². The number of rotatable bonds is 12. The predicted molar refractivity (Wildman–Crippen MR) is 167 cm³/mol.